The first-order valence-corrected chi connectivity index (χ1v) is 6.57. The van der Waals surface area contributed by atoms with Gasteiger partial charge in [0.15, 0.2) is 0 Å². The SMILES string of the molecule is Cl.O=C(NC1CCNC1)C1CCOc2ccccc21. The number of hydrogen-bond acceptors (Lipinski definition) is 3. The maximum absolute atomic E-state index is 12.3. The monoisotopic (exact) mass is 282 g/mol. The molecule has 2 aliphatic rings. The van der Waals surface area contributed by atoms with Gasteiger partial charge >= 0.3 is 0 Å². The van der Waals surface area contributed by atoms with Crippen molar-refractivity contribution in [2.24, 2.45) is 0 Å². The summed E-state index contributed by atoms with van der Waals surface area (Å²) in [6, 6.07) is 8.12. The molecule has 0 spiro atoms. The predicted molar refractivity (Wildman–Crippen MR) is 76.0 cm³/mol. The van der Waals surface area contributed by atoms with Crippen molar-refractivity contribution in [1.82, 2.24) is 10.6 Å². The number of amides is 1. The molecule has 0 aliphatic carbocycles. The summed E-state index contributed by atoms with van der Waals surface area (Å²) in [7, 11) is 0. The molecule has 1 saturated heterocycles. The van der Waals surface area contributed by atoms with Crippen molar-refractivity contribution in [2.45, 2.75) is 24.8 Å². The number of rotatable bonds is 2. The fourth-order valence-corrected chi connectivity index (χ4v) is 2.69. The Morgan fingerprint density at radius 3 is 2.95 bits per heavy atom. The van der Waals surface area contributed by atoms with Crippen LogP contribution in [-0.2, 0) is 4.79 Å². The number of halogens is 1. The fraction of sp³-hybridized carbons (Fsp3) is 0.500. The molecule has 0 radical (unpaired) electrons. The van der Waals surface area contributed by atoms with Crippen LogP contribution in [0.15, 0.2) is 24.3 Å². The largest absolute Gasteiger partial charge is 0.493 e. The van der Waals surface area contributed by atoms with Gasteiger partial charge in [-0.2, -0.15) is 0 Å². The second kappa shape index (κ2) is 6.26. The third kappa shape index (κ3) is 3.01. The molecule has 2 atom stereocenters. The first-order valence-electron chi connectivity index (χ1n) is 6.57. The number of ether oxygens (including phenoxy) is 1. The van der Waals surface area contributed by atoms with Gasteiger partial charge in [-0.05, 0) is 25.5 Å². The molecule has 2 heterocycles. The minimum Gasteiger partial charge on any atom is -0.493 e. The number of carbonyl (C=O) groups excluding carboxylic acids is 1. The summed E-state index contributed by atoms with van der Waals surface area (Å²) in [5.74, 6) is 0.934. The summed E-state index contributed by atoms with van der Waals surface area (Å²) < 4.78 is 5.58. The van der Waals surface area contributed by atoms with Gasteiger partial charge in [-0.25, -0.2) is 0 Å². The van der Waals surface area contributed by atoms with Crippen LogP contribution in [-0.4, -0.2) is 31.6 Å². The van der Waals surface area contributed by atoms with Crippen molar-refractivity contribution < 1.29 is 9.53 Å². The van der Waals surface area contributed by atoms with Gasteiger partial charge in [0.1, 0.15) is 5.75 Å². The van der Waals surface area contributed by atoms with Crippen LogP contribution >= 0.6 is 12.4 Å². The maximum Gasteiger partial charge on any atom is 0.228 e. The molecule has 2 N–H and O–H groups in total. The molecule has 2 aliphatic heterocycles. The van der Waals surface area contributed by atoms with E-state index < -0.39 is 0 Å². The van der Waals surface area contributed by atoms with Crippen molar-refractivity contribution in [3.63, 3.8) is 0 Å². The molecule has 104 valence electrons. The molecule has 3 rings (SSSR count). The predicted octanol–water partition coefficient (Wildman–Crippen LogP) is 1.45. The minimum absolute atomic E-state index is 0. The Bertz CT molecular complexity index is 447. The van der Waals surface area contributed by atoms with Gasteiger partial charge in [0.25, 0.3) is 0 Å². The summed E-state index contributed by atoms with van der Waals surface area (Å²) in [5, 5.41) is 6.39. The van der Waals surface area contributed by atoms with E-state index in [4.69, 9.17) is 4.74 Å². The third-order valence-electron chi connectivity index (χ3n) is 3.68. The highest BCUT2D eigenvalue weighted by atomic mass is 35.5. The smallest absolute Gasteiger partial charge is 0.228 e. The quantitative estimate of drug-likeness (QED) is 0.863. The second-order valence-electron chi connectivity index (χ2n) is 4.93. The summed E-state index contributed by atoms with van der Waals surface area (Å²) in [5.41, 5.74) is 1.02. The van der Waals surface area contributed by atoms with E-state index in [1.54, 1.807) is 0 Å². The number of hydrogen-bond donors (Lipinski definition) is 2. The Kier molecular flexibility index (Phi) is 4.66. The molecule has 2 unspecified atom stereocenters. The van der Waals surface area contributed by atoms with E-state index in [1.165, 1.54) is 0 Å². The highest BCUT2D eigenvalue weighted by Gasteiger charge is 2.29. The zero-order valence-electron chi connectivity index (χ0n) is 10.7. The van der Waals surface area contributed by atoms with E-state index in [1.807, 2.05) is 24.3 Å². The molecule has 1 aromatic rings. The normalized spacial score (nSPS) is 24.8. The molecule has 0 aromatic heterocycles. The Morgan fingerprint density at radius 2 is 2.16 bits per heavy atom. The second-order valence-corrected chi connectivity index (χ2v) is 4.93. The summed E-state index contributed by atoms with van der Waals surface area (Å²) >= 11 is 0. The Labute approximate surface area is 119 Å². The van der Waals surface area contributed by atoms with Crippen molar-refractivity contribution >= 4 is 18.3 Å². The number of carbonyl (C=O) groups is 1. The minimum atomic E-state index is -0.0597. The lowest BCUT2D eigenvalue weighted by Gasteiger charge is -2.26. The van der Waals surface area contributed by atoms with E-state index in [0.29, 0.717) is 6.61 Å². The fourth-order valence-electron chi connectivity index (χ4n) is 2.69. The summed E-state index contributed by atoms with van der Waals surface area (Å²) in [4.78, 5) is 12.3. The van der Waals surface area contributed by atoms with Crippen molar-refractivity contribution in [1.29, 1.82) is 0 Å². The van der Waals surface area contributed by atoms with E-state index in [2.05, 4.69) is 10.6 Å². The molecular formula is C14H19ClN2O2. The first-order chi connectivity index (χ1) is 8.84. The molecule has 0 bridgehead atoms. The molecule has 5 heteroatoms. The van der Waals surface area contributed by atoms with Crippen LogP contribution in [0.2, 0.25) is 0 Å². The number of fused-ring (bicyclic) bond motifs is 1. The van der Waals surface area contributed by atoms with Crippen molar-refractivity contribution in [2.75, 3.05) is 19.7 Å². The zero-order chi connectivity index (χ0) is 12.4. The lowest BCUT2D eigenvalue weighted by molar-refractivity contribution is -0.123. The number of nitrogens with one attached hydrogen (secondary N) is 2. The molecular weight excluding hydrogens is 264 g/mol. The number of benzene rings is 1. The average molecular weight is 283 g/mol. The molecule has 4 nitrogen and oxygen atoms in total. The van der Waals surface area contributed by atoms with Gasteiger partial charge in [-0.15, -0.1) is 12.4 Å². The van der Waals surface area contributed by atoms with Crippen LogP contribution in [0.3, 0.4) is 0 Å². The molecule has 1 amide bonds. The zero-order valence-corrected chi connectivity index (χ0v) is 11.5. The van der Waals surface area contributed by atoms with Crippen LogP contribution in [0.1, 0.15) is 24.3 Å². The molecule has 1 aromatic carbocycles. The van der Waals surface area contributed by atoms with E-state index >= 15 is 0 Å². The third-order valence-corrected chi connectivity index (χ3v) is 3.68. The van der Waals surface area contributed by atoms with Gasteiger partial charge in [0.05, 0.1) is 12.5 Å². The van der Waals surface area contributed by atoms with Gasteiger partial charge in [-0.1, -0.05) is 18.2 Å². The van der Waals surface area contributed by atoms with Crippen LogP contribution in [0.5, 0.6) is 5.75 Å². The van der Waals surface area contributed by atoms with E-state index in [-0.39, 0.29) is 30.3 Å². The van der Waals surface area contributed by atoms with E-state index in [9.17, 15) is 4.79 Å². The van der Waals surface area contributed by atoms with E-state index in [0.717, 1.165) is 37.2 Å². The van der Waals surface area contributed by atoms with Crippen LogP contribution < -0.4 is 15.4 Å². The van der Waals surface area contributed by atoms with Crippen LogP contribution in [0, 0.1) is 0 Å². The highest BCUT2D eigenvalue weighted by Crippen LogP contribution is 2.33. The topological polar surface area (TPSA) is 50.4 Å². The van der Waals surface area contributed by atoms with Gasteiger partial charge in [0.2, 0.25) is 5.91 Å². The highest BCUT2D eigenvalue weighted by molar-refractivity contribution is 5.85. The molecule has 0 saturated carbocycles. The van der Waals surface area contributed by atoms with Crippen molar-refractivity contribution in [3.05, 3.63) is 29.8 Å². The van der Waals surface area contributed by atoms with Gasteiger partial charge < -0.3 is 15.4 Å². The van der Waals surface area contributed by atoms with Crippen LogP contribution in [0.4, 0.5) is 0 Å². The Balaban J connectivity index is 0.00000133. The van der Waals surface area contributed by atoms with Gasteiger partial charge in [0, 0.05) is 18.2 Å². The van der Waals surface area contributed by atoms with Crippen LogP contribution in [0.25, 0.3) is 0 Å². The Hall–Kier alpha value is -1.26. The standard InChI is InChI=1S/C14H18N2O2.ClH/c17-14(16-10-5-7-15-9-10)12-6-8-18-13-4-2-1-3-11(12)13;/h1-4,10,12,15H,5-9H2,(H,16,17);1H. The Morgan fingerprint density at radius 1 is 1.32 bits per heavy atom. The molecule has 19 heavy (non-hydrogen) atoms. The summed E-state index contributed by atoms with van der Waals surface area (Å²) in [6.45, 7) is 2.50. The van der Waals surface area contributed by atoms with Crippen molar-refractivity contribution in [3.8, 4) is 5.75 Å². The first kappa shape index (κ1) is 14.2. The summed E-state index contributed by atoms with van der Waals surface area (Å²) in [6.07, 6.45) is 1.79. The van der Waals surface area contributed by atoms with Gasteiger partial charge in [-0.3, -0.25) is 4.79 Å². The number of para-hydroxylation sites is 1. The average Bonchev–Trinajstić information content (AvgIpc) is 2.91. The lowest BCUT2D eigenvalue weighted by Crippen LogP contribution is -2.40. The molecule has 1 fully saturated rings. The maximum atomic E-state index is 12.3. The lowest BCUT2D eigenvalue weighted by atomic mass is 9.92.